The molecule has 118 valence electrons. The molecule has 1 aliphatic rings. The molecular weight excluding hydrogens is 279 g/mol. The van der Waals surface area contributed by atoms with Gasteiger partial charge in [0.25, 0.3) is 0 Å². The van der Waals surface area contributed by atoms with Gasteiger partial charge in [0.1, 0.15) is 0 Å². The normalized spacial score (nSPS) is 20.0. The third-order valence-corrected chi connectivity index (χ3v) is 4.28. The highest BCUT2D eigenvalue weighted by Crippen LogP contribution is 2.38. The Bertz CT molecular complexity index is 547. The fourth-order valence-electron chi connectivity index (χ4n) is 2.31. The SMILES string of the molecule is COC(=O)/C(=C\c1ccccc1)CB1OC(C)(C)C(C)(C)O1. The van der Waals surface area contributed by atoms with Crippen LogP contribution in [0.3, 0.4) is 0 Å². The van der Waals surface area contributed by atoms with Crippen molar-refractivity contribution in [2.45, 2.75) is 45.2 Å². The minimum absolute atomic E-state index is 0.356. The van der Waals surface area contributed by atoms with Crippen LogP contribution < -0.4 is 0 Å². The summed E-state index contributed by atoms with van der Waals surface area (Å²) in [6.07, 6.45) is 2.17. The highest BCUT2D eigenvalue weighted by Gasteiger charge is 2.51. The lowest BCUT2D eigenvalue weighted by molar-refractivity contribution is -0.135. The van der Waals surface area contributed by atoms with Crippen LogP contribution in [-0.4, -0.2) is 31.4 Å². The first-order valence-corrected chi connectivity index (χ1v) is 7.45. The molecule has 4 nitrogen and oxygen atoms in total. The van der Waals surface area contributed by atoms with Gasteiger partial charge in [-0.2, -0.15) is 0 Å². The first-order chi connectivity index (χ1) is 10.2. The predicted molar refractivity (Wildman–Crippen MR) is 87.3 cm³/mol. The molecule has 0 amide bonds. The summed E-state index contributed by atoms with van der Waals surface area (Å²) in [4.78, 5) is 12.0. The van der Waals surface area contributed by atoms with Gasteiger partial charge in [0.05, 0.1) is 18.3 Å². The largest absolute Gasteiger partial charge is 0.466 e. The van der Waals surface area contributed by atoms with Crippen molar-refractivity contribution in [1.29, 1.82) is 0 Å². The monoisotopic (exact) mass is 302 g/mol. The van der Waals surface area contributed by atoms with E-state index >= 15 is 0 Å². The molecule has 1 aromatic carbocycles. The van der Waals surface area contributed by atoms with Crippen LogP contribution in [0.1, 0.15) is 33.3 Å². The van der Waals surface area contributed by atoms with Crippen molar-refractivity contribution in [3.05, 3.63) is 41.5 Å². The van der Waals surface area contributed by atoms with E-state index in [0.29, 0.717) is 11.9 Å². The lowest BCUT2D eigenvalue weighted by atomic mass is 9.80. The second kappa shape index (κ2) is 6.27. The average molecular weight is 302 g/mol. The third kappa shape index (κ3) is 3.59. The third-order valence-electron chi connectivity index (χ3n) is 4.28. The number of carbonyl (C=O) groups is 1. The van der Waals surface area contributed by atoms with Gasteiger partial charge in [-0.15, -0.1) is 0 Å². The van der Waals surface area contributed by atoms with Crippen LogP contribution in [0, 0.1) is 0 Å². The number of methoxy groups -OCH3 is 1. The highest BCUT2D eigenvalue weighted by atomic mass is 16.7. The summed E-state index contributed by atoms with van der Waals surface area (Å²) in [7, 11) is 0.921. The van der Waals surface area contributed by atoms with Gasteiger partial charge >= 0.3 is 13.1 Å². The standard InChI is InChI=1S/C17H23BO4/c1-16(2)17(3,4)22-18(21-16)12-14(15(19)20-5)11-13-9-7-6-8-10-13/h6-11H,12H2,1-5H3/b14-11-. The van der Waals surface area contributed by atoms with Crippen molar-refractivity contribution in [3.8, 4) is 0 Å². The zero-order valence-electron chi connectivity index (χ0n) is 13.9. The quantitative estimate of drug-likeness (QED) is 0.486. The van der Waals surface area contributed by atoms with Gasteiger partial charge in [-0.25, -0.2) is 4.79 Å². The molecule has 0 atom stereocenters. The second-order valence-corrected chi connectivity index (χ2v) is 6.46. The van der Waals surface area contributed by atoms with Gasteiger partial charge in [0.2, 0.25) is 0 Å². The summed E-state index contributed by atoms with van der Waals surface area (Å²) in [5, 5.41) is 0. The van der Waals surface area contributed by atoms with Crippen LogP contribution in [0.25, 0.3) is 6.08 Å². The molecule has 0 unspecified atom stereocenters. The van der Waals surface area contributed by atoms with Crippen LogP contribution in [0.5, 0.6) is 0 Å². The zero-order valence-corrected chi connectivity index (χ0v) is 13.9. The lowest BCUT2D eigenvalue weighted by Gasteiger charge is -2.32. The van der Waals surface area contributed by atoms with Crippen LogP contribution in [0.2, 0.25) is 6.32 Å². The number of esters is 1. The van der Waals surface area contributed by atoms with Crippen LogP contribution in [0.15, 0.2) is 35.9 Å². The van der Waals surface area contributed by atoms with E-state index in [1.54, 1.807) is 0 Å². The van der Waals surface area contributed by atoms with Crippen LogP contribution >= 0.6 is 0 Å². The molecule has 0 aromatic heterocycles. The highest BCUT2D eigenvalue weighted by molar-refractivity contribution is 6.47. The van der Waals surface area contributed by atoms with E-state index in [1.807, 2.05) is 64.1 Å². The Morgan fingerprint density at radius 2 is 1.68 bits per heavy atom. The summed E-state index contributed by atoms with van der Waals surface area (Å²) in [5.41, 5.74) is 0.656. The van der Waals surface area contributed by atoms with E-state index in [4.69, 9.17) is 14.0 Å². The van der Waals surface area contributed by atoms with Crippen LogP contribution in [0.4, 0.5) is 0 Å². The van der Waals surface area contributed by atoms with Gasteiger partial charge in [-0.05, 0) is 39.3 Å². The van der Waals surface area contributed by atoms with E-state index in [-0.39, 0.29) is 5.97 Å². The van der Waals surface area contributed by atoms with Crippen LogP contribution in [-0.2, 0) is 18.8 Å². The number of benzene rings is 1. The molecule has 0 radical (unpaired) electrons. The maximum atomic E-state index is 12.0. The Balaban J connectivity index is 2.19. The fraction of sp³-hybridized carbons (Fsp3) is 0.471. The van der Waals surface area contributed by atoms with Gasteiger partial charge in [-0.3, -0.25) is 0 Å². The molecule has 5 heteroatoms. The Labute approximate surface area is 132 Å². The summed E-state index contributed by atoms with van der Waals surface area (Å²) < 4.78 is 16.8. The zero-order chi connectivity index (χ0) is 16.4. The molecule has 0 spiro atoms. The number of hydrogen-bond donors (Lipinski definition) is 0. The Morgan fingerprint density at radius 3 is 2.18 bits per heavy atom. The van der Waals surface area contributed by atoms with Crippen molar-refractivity contribution in [1.82, 2.24) is 0 Å². The summed E-state index contributed by atoms with van der Waals surface area (Å²) in [6.45, 7) is 7.97. The number of ether oxygens (including phenoxy) is 1. The smallest absolute Gasteiger partial charge is 0.462 e. The van der Waals surface area contributed by atoms with E-state index in [0.717, 1.165) is 5.56 Å². The molecule has 1 saturated heterocycles. The molecule has 0 N–H and O–H groups in total. The molecule has 0 aliphatic carbocycles. The Hall–Kier alpha value is -1.59. The van der Waals surface area contributed by atoms with E-state index in [9.17, 15) is 4.79 Å². The van der Waals surface area contributed by atoms with Gasteiger partial charge in [0, 0.05) is 11.9 Å². The molecular formula is C17H23BO4. The maximum absolute atomic E-state index is 12.0. The van der Waals surface area contributed by atoms with Crippen molar-refractivity contribution in [2.75, 3.05) is 7.11 Å². The fourth-order valence-corrected chi connectivity index (χ4v) is 2.31. The molecule has 1 heterocycles. The summed E-state index contributed by atoms with van der Waals surface area (Å²) in [6, 6.07) is 9.66. The van der Waals surface area contributed by atoms with Gasteiger partial charge < -0.3 is 14.0 Å². The molecule has 0 bridgehead atoms. The molecule has 22 heavy (non-hydrogen) atoms. The molecule has 1 fully saturated rings. The average Bonchev–Trinajstić information content (AvgIpc) is 2.66. The maximum Gasteiger partial charge on any atom is 0.462 e. The minimum atomic E-state index is -0.459. The van der Waals surface area contributed by atoms with Crippen molar-refractivity contribution in [3.63, 3.8) is 0 Å². The van der Waals surface area contributed by atoms with Crippen molar-refractivity contribution >= 4 is 19.2 Å². The topological polar surface area (TPSA) is 44.8 Å². The Kier molecular flexibility index (Phi) is 4.78. The molecule has 1 aliphatic heterocycles. The summed E-state index contributed by atoms with van der Waals surface area (Å²) >= 11 is 0. The first kappa shape index (κ1) is 16.8. The second-order valence-electron chi connectivity index (χ2n) is 6.46. The number of hydrogen-bond acceptors (Lipinski definition) is 4. The lowest BCUT2D eigenvalue weighted by Crippen LogP contribution is -2.41. The van der Waals surface area contributed by atoms with Gasteiger partial charge in [0.15, 0.2) is 0 Å². The first-order valence-electron chi connectivity index (χ1n) is 7.45. The minimum Gasteiger partial charge on any atom is -0.466 e. The molecule has 0 saturated carbocycles. The molecule has 2 rings (SSSR count). The van der Waals surface area contributed by atoms with Crippen molar-refractivity contribution in [2.24, 2.45) is 0 Å². The van der Waals surface area contributed by atoms with Crippen molar-refractivity contribution < 1.29 is 18.8 Å². The Morgan fingerprint density at radius 1 is 1.14 bits per heavy atom. The van der Waals surface area contributed by atoms with E-state index < -0.39 is 18.3 Å². The molecule has 1 aromatic rings. The number of carbonyl (C=O) groups excluding carboxylic acids is 1. The van der Waals surface area contributed by atoms with E-state index in [2.05, 4.69) is 0 Å². The van der Waals surface area contributed by atoms with Gasteiger partial charge in [-0.1, -0.05) is 30.3 Å². The predicted octanol–water partition coefficient (Wildman–Crippen LogP) is 3.34. The summed E-state index contributed by atoms with van der Waals surface area (Å²) in [5.74, 6) is -0.362. The van der Waals surface area contributed by atoms with E-state index in [1.165, 1.54) is 7.11 Å². The number of rotatable bonds is 4.